The lowest BCUT2D eigenvalue weighted by Gasteiger charge is -2.23. The number of ether oxygens (including phenoxy) is 2. The Morgan fingerprint density at radius 1 is 0.871 bits per heavy atom. The smallest absolute Gasteiger partial charge is 0.206 e. The van der Waals surface area contributed by atoms with Gasteiger partial charge in [0.05, 0.1) is 16.9 Å². The Bertz CT molecular complexity index is 1050. The van der Waals surface area contributed by atoms with Crippen LogP contribution in [0, 0.1) is 0 Å². The second kappa shape index (κ2) is 10.4. The van der Waals surface area contributed by atoms with Crippen molar-refractivity contribution in [3.63, 3.8) is 0 Å². The van der Waals surface area contributed by atoms with Crippen LogP contribution in [-0.4, -0.2) is 39.5 Å². The molecular weight excluding hydrogens is 414 g/mol. The highest BCUT2D eigenvalue weighted by molar-refractivity contribution is 7.91. The van der Waals surface area contributed by atoms with Crippen LogP contribution in [0.3, 0.4) is 0 Å². The van der Waals surface area contributed by atoms with Crippen molar-refractivity contribution >= 4 is 9.84 Å². The quantitative estimate of drug-likeness (QED) is 0.469. The first-order chi connectivity index (χ1) is 14.9. The minimum absolute atomic E-state index is 0.223. The van der Waals surface area contributed by atoms with E-state index in [9.17, 15) is 13.5 Å². The molecule has 0 spiro atoms. The van der Waals surface area contributed by atoms with Crippen molar-refractivity contribution in [2.24, 2.45) is 0 Å². The van der Waals surface area contributed by atoms with Gasteiger partial charge in [0.1, 0.15) is 17.6 Å². The fourth-order valence-corrected chi connectivity index (χ4v) is 4.30. The van der Waals surface area contributed by atoms with Crippen molar-refractivity contribution in [3.8, 4) is 11.5 Å². The van der Waals surface area contributed by atoms with E-state index in [2.05, 4.69) is 5.32 Å². The predicted molar refractivity (Wildman–Crippen MR) is 119 cm³/mol. The van der Waals surface area contributed by atoms with Crippen molar-refractivity contribution in [2.45, 2.75) is 35.5 Å². The number of hydrogen-bond donors (Lipinski definition) is 2. The van der Waals surface area contributed by atoms with Crippen LogP contribution >= 0.6 is 0 Å². The monoisotopic (exact) mass is 441 g/mol. The van der Waals surface area contributed by atoms with E-state index in [4.69, 9.17) is 9.47 Å². The molecule has 0 aliphatic rings. The highest BCUT2D eigenvalue weighted by Gasteiger charge is 2.18. The largest absolute Gasteiger partial charge is 0.497 e. The van der Waals surface area contributed by atoms with E-state index in [1.54, 1.807) is 43.3 Å². The number of aliphatic hydroxyl groups excluding tert-OH is 1. The molecule has 2 unspecified atom stereocenters. The normalized spacial score (nSPS) is 13.4. The lowest BCUT2D eigenvalue weighted by Crippen LogP contribution is -2.43. The Kier molecular flexibility index (Phi) is 7.68. The molecule has 2 atom stereocenters. The fourth-order valence-electron chi connectivity index (χ4n) is 3.04. The van der Waals surface area contributed by atoms with E-state index < -0.39 is 22.2 Å². The second-order valence-electron chi connectivity index (χ2n) is 7.12. The summed E-state index contributed by atoms with van der Waals surface area (Å²) in [7, 11) is -2.05. The molecule has 7 heteroatoms. The van der Waals surface area contributed by atoms with Crippen molar-refractivity contribution < 1.29 is 23.0 Å². The number of rotatable bonds is 10. The lowest BCUT2D eigenvalue weighted by atomic mass is 10.1. The molecule has 3 rings (SSSR count). The molecule has 0 aliphatic heterocycles. The highest BCUT2D eigenvalue weighted by Crippen LogP contribution is 2.23. The van der Waals surface area contributed by atoms with Crippen LogP contribution in [0.1, 0.15) is 12.5 Å². The number of aliphatic hydroxyl groups is 1. The third-order valence-electron chi connectivity index (χ3n) is 4.81. The summed E-state index contributed by atoms with van der Waals surface area (Å²) < 4.78 is 36.5. The van der Waals surface area contributed by atoms with Gasteiger partial charge in [0.2, 0.25) is 9.84 Å². The first-order valence-electron chi connectivity index (χ1n) is 10.0. The molecule has 3 aromatic rings. The zero-order chi connectivity index (χ0) is 22.3. The lowest BCUT2D eigenvalue weighted by molar-refractivity contribution is 0.0274. The van der Waals surface area contributed by atoms with Gasteiger partial charge in [-0.25, -0.2) is 8.42 Å². The standard InChI is InChI=1S/C24H27NO5S/c1-18(26)24(30-21-6-4-3-5-7-21)25-17-16-19-8-12-22(13-9-19)31(27,28)23-14-10-20(29-2)11-15-23/h3-15,18,24-26H,16-17H2,1-2H3. The SMILES string of the molecule is COc1ccc(S(=O)(=O)c2ccc(CCNC(Oc3ccccc3)C(C)O)cc2)cc1. The zero-order valence-corrected chi connectivity index (χ0v) is 18.4. The van der Waals surface area contributed by atoms with Gasteiger partial charge in [-0.2, -0.15) is 0 Å². The van der Waals surface area contributed by atoms with Crippen LogP contribution in [0.2, 0.25) is 0 Å². The third-order valence-corrected chi connectivity index (χ3v) is 6.59. The van der Waals surface area contributed by atoms with Gasteiger partial charge in [0.25, 0.3) is 0 Å². The molecule has 0 saturated carbocycles. The van der Waals surface area contributed by atoms with Crippen LogP contribution in [0.5, 0.6) is 11.5 Å². The van der Waals surface area contributed by atoms with E-state index in [-0.39, 0.29) is 9.79 Å². The predicted octanol–water partition coefficient (Wildman–Crippen LogP) is 3.45. The van der Waals surface area contributed by atoms with Gasteiger partial charge in [-0.1, -0.05) is 30.3 Å². The second-order valence-corrected chi connectivity index (χ2v) is 9.07. The maximum absolute atomic E-state index is 12.8. The molecule has 0 aromatic heterocycles. The number of nitrogens with one attached hydrogen (secondary N) is 1. The van der Waals surface area contributed by atoms with E-state index in [0.717, 1.165) is 5.56 Å². The summed E-state index contributed by atoms with van der Waals surface area (Å²) in [6.45, 7) is 2.23. The average Bonchev–Trinajstić information content (AvgIpc) is 2.79. The number of para-hydroxylation sites is 1. The summed E-state index contributed by atoms with van der Waals surface area (Å²) in [5, 5.41) is 13.2. The van der Waals surface area contributed by atoms with Gasteiger partial charge < -0.3 is 14.6 Å². The Hall–Kier alpha value is -2.87. The number of methoxy groups -OCH3 is 1. The number of sulfone groups is 1. The molecule has 0 amide bonds. The van der Waals surface area contributed by atoms with E-state index in [0.29, 0.717) is 24.5 Å². The summed E-state index contributed by atoms with van der Waals surface area (Å²) in [6.07, 6.45) is -0.584. The molecule has 164 valence electrons. The maximum atomic E-state index is 12.8. The van der Waals surface area contributed by atoms with Crippen LogP contribution in [-0.2, 0) is 16.3 Å². The van der Waals surface area contributed by atoms with Crippen molar-refractivity contribution in [1.82, 2.24) is 5.32 Å². The Labute approximate surface area is 183 Å². The van der Waals surface area contributed by atoms with Crippen LogP contribution in [0.25, 0.3) is 0 Å². The minimum atomic E-state index is -3.58. The molecule has 0 heterocycles. The van der Waals surface area contributed by atoms with Gasteiger partial charge in [0, 0.05) is 6.54 Å². The van der Waals surface area contributed by atoms with Crippen LogP contribution < -0.4 is 14.8 Å². The van der Waals surface area contributed by atoms with Crippen LogP contribution in [0.15, 0.2) is 88.7 Å². The van der Waals surface area contributed by atoms with Gasteiger partial charge in [-0.05, 0) is 67.4 Å². The van der Waals surface area contributed by atoms with Crippen molar-refractivity contribution in [1.29, 1.82) is 0 Å². The van der Waals surface area contributed by atoms with Crippen molar-refractivity contribution in [3.05, 3.63) is 84.4 Å². The zero-order valence-electron chi connectivity index (χ0n) is 17.6. The van der Waals surface area contributed by atoms with E-state index >= 15 is 0 Å². The topological polar surface area (TPSA) is 84.9 Å². The van der Waals surface area contributed by atoms with Gasteiger partial charge >= 0.3 is 0 Å². The summed E-state index contributed by atoms with van der Waals surface area (Å²) in [5.41, 5.74) is 0.977. The summed E-state index contributed by atoms with van der Waals surface area (Å²) in [6, 6.07) is 22.5. The summed E-state index contributed by atoms with van der Waals surface area (Å²) >= 11 is 0. The number of benzene rings is 3. The molecule has 2 N–H and O–H groups in total. The van der Waals surface area contributed by atoms with E-state index in [1.807, 2.05) is 30.3 Å². The van der Waals surface area contributed by atoms with Crippen LogP contribution in [0.4, 0.5) is 0 Å². The van der Waals surface area contributed by atoms with Crippen molar-refractivity contribution in [2.75, 3.05) is 13.7 Å². The molecule has 31 heavy (non-hydrogen) atoms. The number of hydrogen-bond acceptors (Lipinski definition) is 6. The summed E-state index contributed by atoms with van der Waals surface area (Å²) in [4.78, 5) is 0.462. The fraction of sp³-hybridized carbons (Fsp3) is 0.250. The first kappa shape index (κ1) is 22.8. The molecule has 0 fully saturated rings. The molecule has 0 radical (unpaired) electrons. The van der Waals surface area contributed by atoms with Gasteiger partial charge in [-0.15, -0.1) is 0 Å². The Morgan fingerprint density at radius 3 is 2.00 bits per heavy atom. The Balaban J connectivity index is 1.59. The van der Waals surface area contributed by atoms with Gasteiger partial charge in [-0.3, -0.25) is 5.32 Å². The molecule has 0 bridgehead atoms. The Morgan fingerprint density at radius 2 is 1.45 bits per heavy atom. The molecule has 6 nitrogen and oxygen atoms in total. The molecular formula is C24H27NO5S. The van der Waals surface area contributed by atoms with E-state index in [1.165, 1.54) is 19.2 Å². The van der Waals surface area contributed by atoms with Gasteiger partial charge in [0.15, 0.2) is 6.23 Å². The first-order valence-corrected chi connectivity index (χ1v) is 11.5. The minimum Gasteiger partial charge on any atom is -0.497 e. The maximum Gasteiger partial charge on any atom is 0.206 e. The summed E-state index contributed by atoms with van der Waals surface area (Å²) in [5.74, 6) is 1.28. The molecule has 0 saturated heterocycles. The molecule has 0 aliphatic carbocycles. The molecule has 3 aromatic carbocycles. The third kappa shape index (κ3) is 6.07. The highest BCUT2D eigenvalue weighted by atomic mass is 32.2. The average molecular weight is 442 g/mol.